The van der Waals surface area contributed by atoms with Crippen molar-refractivity contribution < 1.29 is 9.53 Å². The number of alkyl halides is 1. The summed E-state index contributed by atoms with van der Waals surface area (Å²) in [6, 6.07) is 6.02. The van der Waals surface area contributed by atoms with Crippen molar-refractivity contribution in [2.75, 3.05) is 25.0 Å². The summed E-state index contributed by atoms with van der Waals surface area (Å²) in [7, 11) is 0. The zero-order chi connectivity index (χ0) is 14.5. The number of amides is 1. The molecule has 20 heavy (non-hydrogen) atoms. The van der Waals surface area contributed by atoms with E-state index in [1.807, 2.05) is 30.9 Å². The molecule has 1 aromatic carbocycles. The van der Waals surface area contributed by atoms with E-state index >= 15 is 0 Å². The Morgan fingerprint density at radius 3 is 2.65 bits per heavy atom. The first kappa shape index (κ1) is 15.5. The first-order chi connectivity index (χ1) is 9.61. The number of halogens is 1. The van der Waals surface area contributed by atoms with Gasteiger partial charge >= 0.3 is 0 Å². The van der Waals surface area contributed by atoms with Gasteiger partial charge < -0.3 is 9.64 Å². The quantitative estimate of drug-likeness (QED) is 0.787. The van der Waals surface area contributed by atoms with Crippen molar-refractivity contribution in [1.29, 1.82) is 0 Å². The molecule has 0 aromatic heterocycles. The Hall–Kier alpha value is -0.870. The summed E-state index contributed by atoms with van der Waals surface area (Å²) < 4.78 is 5.72. The topological polar surface area (TPSA) is 29.5 Å². The third-order valence-corrected chi connectivity index (χ3v) is 4.10. The maximum Gasteiger partial charge on any atom is 0.254 e. The van der Waals surface area contributed by atoms with Crippen LogP contribution in [0.4, 0.5) is 0 Å². The fourth-order valence-corrected chi connectivity index (χ4v) is 2.85. The van der Waals surface area contributed by atoms with E-state index in [0.29, 0.717) is 6.10 Å². The Morgan fingerprint density at radius 2 is 2.05 bits per heavy atom. The highest BCUT2D eigenvalue weighted by Gasteiger charge is 2.24. The van der Waals surface area contributed by atoms with Gasteiger partial charge in [0.25, 0.3) is 5.91 Å². The predicted octanol–water partition coefficient (Wildman–Crippen LogP) is 3.32. The van der Waals surface area contributed by atoms with E-state index in [-0.39, 0.29) is 5.91 Å². The Kier molecular flexibility index (Phi) is 5.61. The van der Waals surface area contributed by atoms with Crippen molar-refractivity contribution in [1.82, 2.24) is 4.90 Å². The Bertz CT molecular complexity index is 468. The van der Waals surface area contributed by atoms with Gasteiger partial charge in [0.1, 0.15) is 0 Å². The molecule has 0 spiro atoms. The number of likely N-dealkylation sites (tertiary alicyclic amines) is 1. The van der Waals surface area contributed by atoms with Crippen LogP contribution in [0.15, 0.2) is 18.2 Å². The molecule has 2 rings (SSSR count). The SMILES string of the molecule is Cc1ccc(C(=O)N2CCC(OCCBr)CC2)c(C)c1. The largest absolute Gasteiger partial charge is 0.377 e. The number of ether oxygens (including phenoxy) is 1. The second kappa shape index (κ2) is 7.23. The molecule has 0 saturated carbocycles. The minimum atomic E-state index is 0.154. The monoisotopic (exact) mass is 339 g/mol. The summed E-state index contributed by atoms with van der Waals surface area (Å²) in [5.74, 6) is 0.154. The maximum absolute atomic E-state index is 12.5. The molecule has 1 amide bonds. The number of rotatable bonds is 4. The van der Waals surface area contributed by atoms with Crippen molar-refractivity contribution in [3.05, 3.63) is 34.9 Å². The van der Waals surface area contributed by atoms with Crippen LogP contribution in [-0.2, 0) is 4.74 Å². The molecular formula is C16H22BrNO2. The van der Waals surface area contributed by atoms with Gasteiger partial charge in [0.15, 0.2) is 0 Å². The van der Waals surface area contributed by atoms with E-state index in [2.05, 4.69) is 22.0 Å². The normalized spacial score (nSPS) is 16.4. The van der Waals surface area contributed by atoms with Crippen molar-refractivity contribution in [3.8, 4) is 0 Å². The first-order valence-electron chi connectivity index (χ1n) is 7.16. The maximum atomic E-state index is 12.5. The Labute approximate surface area is 129 Å². The lowest BCUT2D eigenvalue weighted by Crippen LogP contribution is -2.41. The van der Waals surface area contributed by atoms with Gasteiger partial charge in [-0.15, -0.1) is 0 Å². The summed E-state index contributed by atoms with van der Waals surface area (Å²) >= 11 is 3.37. The molecule has 1 saturated heterocycles. The molecule has 1 heterocycles. The number of nitrogens with zero attached hydrogens (tertiary/aromatic N) is 1. The number of carbonyl (C=O) groups is 1. The van der Waals surface area contributed by atoms with Crippen LogP contribution in [0, 0.1) is 13.8 Å². The molecule has 1 fully saturated rings. The lowest BCUT2D eigenvalue weighted by atomic mass is 10.0. The highest BCUT2D eigenvalue weighted by molar-refractivity contribution is 9.09. The first-order valence-corrected chi connectivity index (χ1v) is 8.28. The van der Waals surface area contributed by atoms with Gasteiger partial charge in [-0.1, -0.05) is 33.6 Å². The van der Waals surface area contributed by atoms with Crippen LogP contribution in [0.2, 0.25) is 0 Å². The average Bonchev–Trinajstić information content (AvgIpc) is 2.45. The van der Waals surface area contributed by atoms with Crippen LogP contribution in [0.25, 0.3) is 0 Å². The Balaban J connectivity index is 1.94. The number of carbonyl (C=O) groups excluding carboxylic acids is 1. The second-order valence-electron chi connectivity index (χ2n) is 5.37. The molecule has 0 bridgehead atoms. The molecule has 1 aliphatic rings. The molecule has 1 aromatic rings. The highest BCUT2D eigenvalue weighted by Crippen LogP contribution is 2.19. The predicted molar refractivity (Wildman–Crippen MR) is 84.6 cm³/mol. The number of hydrogen-bond acceptors (Lipinski definition) is 2. The minimum absolute atomic E-state index is 0.154. The molecule has 110 valence electrons. The van der Waals surface area contributed by atoms with Crippen LogP contribution in [0.5, 0.6) is 0 Å². The fourth-order valence-electron chi connectivity index (χ4n) is 2.66. The van der Waals surface area contributed by atoms with Gasteiger partial charge in [-0.25, -0.2) is 0 Å². The zero-order valence-electron chi connectivity index (χ0n) is 12.2. The smallest absolute Gasteiger partial charge is 0.254 e. The van der Waals surface area contributed by atoms with E-state index in [1.54, 1.807) is 0 Å². The van der Waals surface area contributed by atoms with E-state index in [9.17, 15) is 4.79 Å². The number of benzene rings is 1. The molecule has 1 aliphatic heterocycles. The standard InChI is InChI=1S/C16H22BrNO2/c1-12-3-4-15(13(2)11-12)16(19)18-8-5-14(6-9-18)20-10-7-17/h3-4,11,14H,5-10H2,1-2H3. The van der Waals surface area contributed by atoms with Crippen LogP contribution in [-0.4, -0.2) is 41.9 Å². The van der Waals surface area contributed by atoms with Gasteiger partial charge in [0.2, 0.25) is 0 Å². The van der Waals surface area contributed by atoms with E-state index in [1.165, 1.54) is 5.56 Å². The van der Waals surface area contributed by atoms with Crippen LogP contribution in [0.1, 0.15) is 34.3 Å². The molecule has 0 aliphatic carbocycles. The summed E-state index contributed by atoms with van der Waals surface area (Å²) in [6.07, 6.45) is 2.17. The van der Waals surface area contributed by atoms with E-state index < -0.39 is 0 Å². The number of hydrogen-bond donors (Lipinski definition) is 0. The molecule has 0 radical (unpaired) electrons. The molecule has 0 unspecified atom stereocenters. The molecule has 3 nitrogen and oxygen atoms in total. The van der Waals surface area contributed by atoms with Gasteiger partial charge in [-0.05, 0) is 38.3 Å². The number of aryl methyl sites for hydroxylation is 2. The summed E-state index contributed by atoms with van der Waals surface area (Å²) in [5.41, 5.74) is 3.09. The van der Waals surface area contributed by atoms with E-state index in [0.717, 1.165) is 49.0 Å². The average molecular weight is 340 g/mol. The van der Waals surface area contributed by atoms with Gasteiger partial charge in [-0.3, -0.25) is 4.79 Å². The van der Waals surface area contributed by atoms with Crippen LogP contribution >= 0.6 is 15.9 Å². The van der Waals surface area contributed by atoms with Crippen molar-refractivity contribution in [2.45, 2.75) is 32.8 Å². The molecule has 0 atom stereocenters. The fraction of sp³-hybridized carbons (Fsp3) is 0.562. The molecular weight excluding hydrogens is 318 g/mol. The second-order valence-corrected chi connectivity index (χ2v) is 6.16. The molecule has 0 N–H and O–H groups in total. The van der Waals surface area contributed by atoms with Crippen molar-refractivity contribution in [3.63, 3.8) is 0 Å². The number of piperidine rings is 1. The van der Waals surface area contributed by atoms with Gasteiger partial charge in [0, 0.05) is 24.0 Å². The molecule has 4 heteroatoms. The van der Waals surface area contributed by atoms with E-state index in [4.69, 9.17) is 4.74 Å². The van der Waals surface area contributed by atoms with Gasteiger partial charge in [0.05, 0.1) is 12.7 Å². The van der Waals surface area contributed by atoms with Crippen LogP contribution in [0.3, 0.4) is 0 Å². The van der Waals surface area contributed by atoms with Crippen molar-refractivity contribution >= 4 is 21.8 Å². The lowest BCUT2D eigenvalue weighted by Gasteiger charge is -2.32. The Morgan fingerprint density at radius 1 is 1.35 bits per heavy atom. The lowest BCUT2D eigenvalue weighted by molar-refractivity contribution is 0.0160. The zero-order valence-corrected chi connectivity index (χ0v) is 13.8. The minimum Gasteiger partial charge on any atom is -0.377 e. The van der Waals surface area contributed by atoms with Crippen molar-refractivity contribution in [2.24, 2.45) is 0 Å². The third-order valence-electron chi connectivity index (χ3n) is 3.77. The third kappa shape index (κ3) is 3.83. The summed E-state index contributed by atoms with van der Waals surface area (Å²) in [5, 5.41) is 0.870. The summed E-state index contributed by atoms with van der Waals surface area (Å²) in [6.45, 7) is 6.38. The summed E-state index contributed by atoms with van der Waals surface area (Å²) in [4.78, 5) is 14.5. The van der Waals surface area contributed by atoms with Gasteiger partial charge in [-0.2, -0.15) is 0 Å². The van der Waals surface area contributed by atoms with Crippen LogP contribution < -0.4 is 0 Å². The highest BCUT2D eigenvalue weighted by atomic mass is 79.9.